The predicted molar refractivity (Wildman–Crippen MR) is 77.6 cm³/mol. The van der Waals surface area contributed by atoms with Crippen molar-refractivity contribution >= 4 is 17.9 Å². The van der Waals surface area contributed by atoms with Crippen molar-refractivity contribution < 1.29 is 29.7 Å². The van der Waals surface area contributed by atoms with Gasteiger partial charge in [0.2, 0.25) is 0 Å². The highest BCUT2D eigenvalue weighted by Crippen LogP contribution is 2.04. The Bertz CT molecular complexity index is 302. The van der Waals surface area contributed by atoms with E-state index in [0.29, 0.717) is 0 Å². The van der Waals surface area contributed by atoms with Gasteiger partial charge in [-0.1, -0.05) is 20.3 Å². The van der Waals surface area contributed by atoms with Gasteiger partial charge in [0.15, 0.2) is 0 Å². The van der Waals surface area contributed by atoms with E-state index in [-0.39, 0.29) is 5.92 Å². The van der Waals surface area contributed by atoms with Gasteiger partial charge in [-0.25, -0.2) is 0 Å². The third-order valence-electron chi connectivity index (χ3n) is 2.32. The molecule has 0 fully saturated rings. The summed E-state index contributed by atoms with van der Waals surface area (Å²) in [7, 11) is 0. The maximum atomic E-state index is 10.2. The lowest BCUT2D eigenvalue weighted by Crippen LogP contribution is -2.36. The molecule has 0 rings (SSSR count). The quantitative estimate of drug-likeness (QED) is 0.380. The minimum atomic E-state index is -0.963. The Morgan fingerprint density at radius 1 is 0.810 bits per heavy atom. The zero-order valence-corrected chi connectivity index (χ0v) is 12.8. The number of hydrogen-bond acceptors (Lipinski definition) is 6. The van der Waals surface area contributed by atoms with Crippen molar-refractivity contribution in [1.29, 1.82) is 0 Å². The smallest absolute Gasteiger partial charge is 0.320 e. The molecule has 0 spiro atoms. The molecule has 0 aromatic heterocycles. The molecule has 0 amide bonds. The average molecular weight is 309 g/mol. The highest BCUT2D eigenvalue weighted by molar-refractivity contribution is 5.73. The molecule has 0 aliphatic heterocycles. The standard InChI is InChI=1S/C6H13NO2.2C3H7NO2/c1-3-4(2)5(7)6(8)9;2*1-2(4)3(5)6/h4-5H,3,7H2,1-2H3,(H,8,9);2*2H,4H2,1H3,(H,5,6)/t4-,5-;2*2-/m000/s1. The Morgan fingerprint density at radius 2 is 1.05 bits per heavy atom. The number of carboxylic acids is 3. The van der Waals surface area contributed by atoms with E-state index in [4.69, 9.17) is 32.5 Å². The van der Waals surface area contributed by atoms with Crippen LogP contribution in [0.15, 0.2) is 0 Å². The average Bonchev–Trinajstić information content (AvgIpc) is 2.37. The molecule has 0 radical (unpaired) electrons. The van der Waals surface area contributed by atoms with Gasteiger partial charge in [-0.3, -0.25) is 14.4 Å². The van der Waals surface area contributed by atoms with Crippen molar-refractivity contribution in [3.8, 4) is 0 Å². The first kappa shape index (κ1) is 24.3. The molecule has 9 N–H and O–H groups in total. The zero-order chi connectivity index (χ0) is 17.7. The first-order chi connectivity index (χ1) is 9.38. The first-order valence-corrected chi connectivity index (χ1v) is 6.33. The topological polar surface area (TPSA) is 190 Å². The van der Waals surface area contributed by atoms with Gasteiger partial charge in [0.25, 0.3) is 0 Å². The third kappa shape index (κ3) is 18.3. The van der Waals surface area contributed by atoms with Crippen LogP contribution in [0.25, 0.3) is 0 Å². The van der Waals surface area contributed by atoms with Gasteiger partial charge in [0.05, 0.1) is 0 Å². The van der Waals surface area contributed by atoms with Crippen LogP contribution in [0.2, 0.25) is 0 Å². The van der Waals surface area contributed by atoms with E-state index in [2.05, 4.69) is 0 Å². The molecule has 9 heteroatoms. The van der Waals surface area contributed by atoms with Gasteiger partial charge in [0.1, 0.15) is 18.1 Å². The van der Waals surface area contributed by atoms with Crippen molar-refractivity contribution in [2.45, 2.75) is 52.2 Å². The molecule has 4 atom stereocenters. The van der Waals surface area contributed by atoms with Crippen LogP contribution in [0.4, 0.5) is 0 Å². The lowest BCUT2D eigenvalue weighted by Gasteiger charge is -2.11. The highest BCUT2D eigenvalue weighted by Gasteiger charge is 2.17. The van der Waals surface area contributed by atoms with Crippen LogP contribution < -0.4 is 17.2 Å². The van der Waals surface area contributed by atoms with Crippen molar-refractivity contribution in [3.63, 3.8) is 0 Å². The summed E-state index contributed by atoms with van der Waals surface area (Å²) in [5.74, 6) is -2.77. The first-order valence-electron chi connectivity index (χ1n) is 6.33. The molecule has 0 bridgehead atoms. The molecule has 21 heavy (non-hydrogen) atoms. The van der Waals surface area contributed by atoms with E-state index >= 15 is 0 Å². The summed E-state index contributed by atoms with van der Waals surface area (Å²) in [6.07, 6.45) is 0.813. The van der Waals surface area contributed by atoms with Crippen molar-refractivity contribution in [2.75, 3.05) is 0 Å². The summed E-state index contributed by atoms with van der Waals surface area (Å²) < 4.78 is 0. The van der Waals surface area contributed by atoms with E-state index in [1.165, 1.54) is 13.8 Å². The second-order valence-electron chi connectivity index (χ2n) is 4.50. The van der Waals surface area contributed by atoms with Crippen LogP contribution in [-0.2, 0) is 14.4 Å². The molecular formula is C12H27N3O6. The Balaban J connectivity index is -0.000000240. The van der Waals surface area contributed by atoms with Gasteiger partial charge in [-0.15, -0.1) is 0 Å². The summed E-state index contributed by atoms with van der Waals surface area (Å²) in [6, 6.07) is -2.16. The van der Waals surface area contributed by atoms with Crippen LogP contribution in [0.1, 0.15) is 34.1 Å². The molecule has 0 saturated carbocycles. The zero-order valence-electron chi connectivity index (χ0n) is 12.8. The summed E-state index contributed by atoms with van der Waals surface area (Å²) in [6.45, 7) is 6.59. The molecule has 0 saturated heterocycles. The van der Waals surface area contributed by atoms with Crippen molar-refractivity contribution in [1.82, 2.24) is 0 Å². The van der Waals surface area contributed by atoms with Crippen molar-refractivity contribution in [3.05, 3.63) is 0 Å². The normalized spacial score (nSPS) is 15.0. The summed E-state index contributed by atoms with van der Waals surface area (Å²) in [5, 5.41) is 24.1. The fourth-order valence-corrected chi connectivity index (χ4v) is 0.497. The fraction of sp³-hybridized carbons (Fsp3) is 0.750. The molecular weight excluding hydrogens is 282 g/mol. The Labute approximate surface area is 124 Å². The minimum Gasteiger partial charge on any atom is -0.480 e. The monoisotopic (exact) mass is 309 g/mol. The SMILES string of the molecule is CC[C@H](C)[C@H](N)C(=O)O.C[C@H](N)C(=O)O.C[C@H](N)C(=O)O. The van der Waals surface area contributed by atoms with Gasteiger partial charge in [-0.2, -0.15) is 0 Å². The summed E-state index contributed by atoms with van der Waals surface area (Å²) in [4.78, 5) is 29.3. The maximum Gasteiger partial charge on any atom is 0.320 e. The largest absolute Gasteiger partial charge is 0.480 e. The van der Waals surface area contributed by atoms with Crippen LogP contribution in [0.5, 0.6) is 0 Å². The van der Waals surface area contributed by atoms with Crippen LogP contribution >= 0.6 is 0 Å². The number of carbonyl (C=O) groups is 3. The summed E-state index contributed by atoms with van der Waals surface area (Å²) >= 11 is 0. The molecule has 0 aliphatic carbocycles. The highest BCUT2D eigenvalue weighted by atomic mass is 16.4. The van der Waals surface area contributed by atoms with Gasteiger partial charge < -0.3 is 32.5 Å². The van der Waals surface area contributed by atoms with Crippen LogP contribution in [-0.4, -0.2) is 51.4 Å². The maximum absolute atomic E-state index is 10.2. The van der Waals surface area contributed by atoms with E-state index in [0.717, 1.165) is 6.42 Å². The molecule has 0 unspecified atom stereocenters. The van der Waals surface area contributed by atoms with Crippen LogP contribution in [0, 0.1) is 5.92 Å². The Morgan fingerprint density at radius 3 is 1.10 bits per heavy atom. The lowest BCUT2D eigenvalue weighted by atomic mass is 10.0. The van der Waals surface area contributed by atoms with Crippen LogP contribution in [0.3, 0.4) is 0 Å². The Kier molecular flexibility index (Phi) is 15.4. The number of rotatable bonds is 5. The van der Waals surface area contributed by atoms with Gasteiger partial charge in [-0.05, 0) is 19.8 Å². The van der Waals surface area contributed by atoms with E-state index in [9.17, 15) is 14.4 Å². The molecule has 0 aromatic rings. The van der Waals surface area contributed by atoms with Crippen molar-refractivity contribution in [2.24, 2.45) is 23.1 Å². The third-order valence-corrected chi connectivity index (χ3v) is 2.32. The number of nitrogens with two attached hydrogens (primary N) is 3. The van der Waals surface area contributed by atoms with E-state index in [1.807, 2.05) is 13.8 Å². The number of carboxylic acid groups (broad SMARTS) is 3. The lowest BCUT2D eigenvalue weighted by molar-refractivity contribution is -0.140. The number of aliphatic carboxylic acids is 3. The Hall–Kier alpha value is -1.71. The molecule has 0 aliphatic rings. The summed E-state index contributed by atoms with van der Waals surface area (Å²) in [5.41, 5.74) is 14.9. The second kappa shape index (κ2) is 13.3. The molecule has 0 heterocycles. The minimum absolute atomic E-state index is 0.0718. The van der Waals surface area contributed by atoms with E-state index in [1.54, 1.807) is 0 Å². The second-order valence-corrected chi connectivity index (χ2v) is 4.50. The van der Waals surface area contributed by atoms with Gasteiger partial charge >= 0.3 is 17.9 Å². The number of hydrogen-bond donors (Lipinski definition) is 6. The molecule has 9 nitrogen and oxygen atoms in total. The van der Waals surface area contributed by atoms with Gasteiger partial charge in [0, 0.05) is 0 Å². The molecule has 126 valence electrons. The molecule has 0 aromatic carbocycles. The predicted octanol–water partition coefficient (Wildman–Crippen LogP) is -0.719. The van der Waals surface area contributed by atoms with E-state index < -0.39 is 36.0 Å². The fourth-order valence-electron chi connectivity index (χ4n) is 0.497.